The standard InChI is InChI=1S/C32H32N2O3/c35-30-21-22-34(31(36)37-24-25-13-5-1-6-14-25)23-29(30)33-32(26-15-7-2-8-16-26,27-17-9-3-10-18-27)28-19-11-4-12-20-28/h1-20,29-30,33,35H,21-24H2/t29-,30+/m0/s1. The van der Waals surface area contributed by atoms with Crippen LogP contribution in [0, 0.1) is 0 Å². The Labute approximate surface area is 218 Å². The summed E-state index contributed by atoms with van der Waals surface area (Å²) in [4.78, 5) is 14.7. The molecule has 4 aromatic carbocycles. The maximum absolute atomic E-state index is 13.0. The van der Waals surface area contributed by atoms with Gasteiger partial charge in [0, 0.05) is 13.1 Å². The number of aliphatic hydroxyl groups excluding tert-OH is 1. The first-order valence-corrected chi connectivity index (χ1v) is 12.7. The van der Waals surface area contributed by atoms with Crippen LogP contribution in [0.4, 0.5) is 4.79 Å². The topological polar surface area (TPSA) is 61.8 Å². The average molecular weight is 493 g/mol. The van der Waals surface area contributed by atoms with Crippen molar-refractivity contribution in [2.24, 2.45) is 0 Å². The number of benzene rings is 4. The summed E-state index contributed by atoms with van der Waals surface area (Å²) >= 11 is 0. The number of rotatable bonds is 7. The smallest absolute Gasteiger partial charge is 0.410 e. The third-order valence-electron chi connectivity index (χ3n) is 7.06. The minimum atomic E-state index is -0.730. The first-order valence-electron chi connectivity index (χ1n) is 12.7. The van der Waals surface area contributed by atoms with Gasteiger partial charge >= 0.3 is 6.09 Å². The summed E-state index contributed by atoms with van der Waals surface area (Å²) in [6.45, 7) is 1.00. The fraction of sp³-hybridized carbons (Fsp3) is 0.219. The lowest BCUT2D eigenvalue weighted by atomic mass is 9.76. The predicted molar refractivity (Wildman–Crippen MR) is 145 cm³/mol. The lowest BCUT2D eigenvalue weighted by Crippen LogP contribution is -2.61. The Morgan fingerprint density at radius 2 is 1.24 bits per heavy atom. The Balaban J connectivity index is 1.46. The highest BCUT2D eigenvalue weighted by atomic mass is 16.6. The van der Waals surface area contributed by atoms with Crippen LogP contribution in [0.25, 0.3) is 0 Å². The molecule has 2 atom stereocenters. The second-order valence-electron chi connectivity index (χ2n) is 9.44. The summed E-state index contributed by atoms with van der Waals surface area (Å²) in [6.07, 6.45) is -0.520. The molecular weight excluding hydrogens is 460 g/mol. The quantitative estimate of drug-likeness (QED) is 0.342. The largest absolute Gasteiger partial charge is 0.445 e. The van der Waals surface area contributed by atoms with Crippen LogP contribution >= 0.6 is 0 Å². The lowest BCUT2D eigenvalue weighted by molar-refractivity contribution is 0.0283. The van der Waals surface area contributed by atoms with Gasteiger partial charge in [-0.25, -0.2) is 4.79 Å². The number of nitrogens with one attached hydrogen (secondary N) is 1. The zero-order valence-electron chi connectivity index (χ0n) is 20.7. The molecule has 1 saturated heterocycles. The van der Waals surface area contributed by atoms with E-state index in [-0.39, 0.29) is 18.7 Å². The van der Waals surface area contributed by atoms with E-state index in [0.29, 0.717) is 19.5 Å². The van der Waals surface area contributed by atoms with Gasteiger partial charge in [-0.2, -0.15) is 0 Å². The summed E-state index contributed by atoms with van der Waals surface area (Å²) in [5.74, 6) is 0. The molecule has 5 heteroatoms. The first kappa shape index (κ1) is 24.8. The van der Waals surface area contributed by atoms with E-state index in [1.807, 2.05) is 84.9 Å². The zero-order valence-corrected chi connectivity index (χ0v) is 20.7. The van der Waals surface area contributed by atoms with Gasteiger partial charge in [0.05, 0.1) is 17.7 Å². The van der Waals surface area contributed by atoms with Crippen molar-refractivity contribution in [3.8, 4) is 0 Å². The normalized spacial score (nSPS) is 17.8. The van der Waals surface area contributed by atoms with Gasteiger partial charge in [0.25, 0.3) is 0 Å². The molecule has 2 N–H and O–H groups in total. The van der Waals surface area contributed by atoms with Gasteiger partial charge in [-0.15, -0.1) is 0 Å². The molecule has 1 aliphatic heterocycles. The van der Waals surface area contributed by atoms with Crippen molar-refractivity contribution in [1.29, 1.82) is 0 Å². The number of piperidine rings is 1. The molecule has 5 nitrogen and oxygen atoms in total. The Kier molecular flexibility index (Phi) is 7.64. The molecule has 0 spiro atoms. The fourth-order valence-electron chi connectivity index (χ4n) is 5.15. The van der Waals surface area contributed by atoms with Crippen molar-refractivity contribution in [1.82, 2.24) is 10.2 Å². The summed E-state index contributed by atoms with van der Waals surface area (Å²) < 4.78 is 5.61. The van der Waals surface area contributed by atoms with Gasteiger partial charge in [0.15, 0.2) is 0 Å². The molecule has 0 aliphatic carbocycles. The maximum Gasteiger partial charge on any atom is 0.410 e. The number of carbonyl (C=O) groups is 1. The van der Waals surface area contributed by atoms with E-state index in [1.54, 1.807) is 4.90 Å². The van der Waals surface area contributed by atoms with Crippen LogP contribution in [-0.4, -0.2) is 41.3 Å². The van der Waals surface area contributed by atoms with Gasteiger partial charge in [-0.05, 0) is 28.7 Å². The third kappa shape index (κ3) is 5.43. The minimum absolute atomic E-state index is 0.221. The number of nitrogens with zero attached hydrogens (tertiary/aromatic N) is 1. The number of aliphatic hydroxyl groups is 1. The van der Waals surface area contributed by atoms with Gasteiger partial charge in [-0.1, -0.05) is 121 Å². The third-order valence-corrected chi connectivity index (χ3v) is 7.06. The predicted octanol–water partition coefficient (Wildman–Crippen LogP) is 5.34. The monoisotopic (exact) mass is 492 g/mol. The van der Waals surface area contributed by atoms with Gasteiger partial charge in [-0.3, -0.25) is 5.32 Å². The molecule has 0 unspecified atom stereocenters. The van der Waals surface area contributed by atoms with Crippen molar-refractivity contribution in [2.45, 2.75) is 30.7 Å². The Bertz CT molecular complexity index is 1170. The molecule has 4 aromatic rings. The van der Waals surface area contributed by atoms with E-state index >= 15 is 0 Å². The minimum Gasteiger partial charge on any atom is -0.445 e. The van der Waals surface area contributed by atoms with E-state index in [0.717, 1.165) is 22.3 Å². The van der Waals surface area contributed by atoms with E-state index < -0.39 is 11.6 Å². The van der Waals surface area contributed by atoms with Crippen LogP contribution < -0.4 is 5.32 Å². The number of hydrogen-bond acceptors (Lipinski definition) is 4. The van der Waals surface area contributed by atoms with E-state index in [1.165, 1.54) is 0 Å². The van der Waals surface area contributed by atoms with Crippen LogP contribution in [0.15, 0.2) is 121 Å². The molecule has 0 bridgehead atoms. The van der Waals surface area contributed by atoms with Crippen molar-refractivity contribution in [3.05, 3.63) is 144 Å². The molecule has 37 heavy (non-hydrogen) atoms. The van der Waals surface area contributed by atoms with Crippen molar-refractivity contribution in [3.63, 3.8) is 0 Å². The Hall–Kier alpha value is -3.93. The maximum atomic E-state index is 13.0. The molecule has 1 fully saturated rings. The number of carbonyl (C=O) groups excluding carboxylic acids is 1. The number of likely N-dealkylation sites (tertiary alicyclic amines) is 1. The molecule has 1 heterocycles. The summed E-state index contributed by atoms with van der Waals surface area (Å²) in [6, 6.07) is 40.1. The van der Waals surface area contributed by atoms with E-state index in [4.69, 9.17) is 4.74 Å². The van der Waals surface area contributed by atoms with Crippen LogP contribution in [0.3, 0.4) is 0 Å². The number of amides is 1. The second-order valence-corrected chi connectivity index (χ2v) is 9.44. The van der Waals surface area contributed by atoms with Gasteiger partial charge in [0.2, 0.25) is 0 Å². The van der Waals surface area contributed by atoms with Gasteiger partial charge in [0.1, 0.15) is 6.61 Å². The highest BCUT2D eigenvalue weighted by molar-refractivity contribution is 5.68. The van der Waals surface area contributed by atoms with Crippen LogP contribution in [0.5, 0.6) is 0 Å². The Morgan fingerprint density at radius 3 is 1.73 bits per heavy atom. The number of hydrogen-bond donors (Lipinski definition) is 2. The van der Waals surface area contributed by atoms with Crippen molar-refractivity contribution >= 4 is 6.09 Å². The molecular formula is C32H32N2O3. The van der Waals surface area contributed by atoms with Crippen LogP contribution in [0.2, 0.25) is 0 Å². The zero-order chi connectivity index (χ0) is 25.5. The first-order chi connectivity index (χ1) is 18.2. The summed E-state index contributed by atoms with van der Waals surface area (Å²) in [5.41, 5.74) is 3.39. The summed E-state index contributed by atoms with van der Waals surface area (Å²) in [7, 11) is 0. The van der Waals surface area contributed by atoms with E-state index in [2.05, 4.69) is 41.7 Å². The van der Waals surface area contributed by atoms with E-state index in [9.17, 15) is 9.90 Å². The second kappa shape index (κ2) is 11.4. The van der Waals surface area contributed by atoms with Crippen molar-refractivity contribution < 1.29 is 14.6 Å². The van der Waals surface area contributed by atoms with Crippen molar-refractivity contribution in [2.75, 3.05) is 13.1 Å². The Morgan fingerprint density at radius 1 is 0.784 bits per heavy atom. The molecule has 188 valence electrons. The van der Waals surface area contributed by atoms with Crippen LogP contribution in [0.1, 0.15) is 28.7 Å². The van der Waals surface area contributed by atoms with Crippen LogP contribution in [-0.2, 0) is 16.9 Å². The molecule has 0 radical (unpaired) electrons. The molecule has 1 aliphatic rings. The highest BCUT2D eigenvalue weighted by Crippen LogP contribution is 2.38. The molecule has 5 rings (SSSR count). The summed E-state index contributed by atoms with van der Waals surface area (Å²) in [5, 5.41) is 15.0. The molecule has 1 amide bonds. The van der Waals surface area contributed by atoms with Gasteiger partial charge < -0.3 is 14.7 Å². The highest BCUT2D eigenvalue weighted by Gasteiger charge is 2.42. The average Bonchev–Trinajstić information content (AvgIpc) is 2.97. The lowest BCUT2D eigenvalue weighted by Gasteiger charge is -2.44. The molecule has 0 saturated carbocycles. The fourth-order valence-corrected chi connectivity index (χ4v) is 5.15. The SMILES string of the molecule is O=C(OCc1ccccc1)N1CC[C@@H](O)[C@@H](NC(c2ccccc2)(c2ccccc2)c2ccccc2)C1. The molecule has 0 aromatic heterocycles. The number of ether oxygens (including phenoxy) is 1.